The molecular formula is C19H27FN2O2. The van der Waals surface area contributed by atoms with Crippen molar-refractivity contribution in [2.45, 2.75) is 70.7 Å². The highest BCUT2D eigenvalue weighted by molar-refractivity contribution is 5.98. The second kappa shape index (κ2) is 7.19. The van der Waals surface area contributed by atoms with Crippen LogP contribution in [0.15, 0.2) is 18.2 Å². The van der Waals surface area contributed by atoms with Gasteiger partial charge in [0.25, 0.3) is 0 Å². The first kappa shape index (κ1) is 17.4. The van der Waals surface area contributed by atoms with Gasteiger partial charge in [-0.05, 0) is 70.2 Å². The molecule has 1 N–H and O–H groups in total. The van der Waals surface area contributed by atoms with E-state index in [0.29, 0.717) is 12.6 Å². The lowest BCUT2D eigenvalue weighted by atomic mass is 9.96. The van der Waals surface area contributed by atoms with Gasteiger partial charge in [-0.2, -0.15) is 0 Å². The maximum absolute atomic E-state index is 13.3. The average Bonchev–Trinajstić information content (AvgIpc) is 2.49. The van der Waals surface area contributed by atoms with E-state index in [0.717, 1.165) is 36.9 Å². The molecule has 4 nitrogen and oxygen atoms in total. The minimum atomic E-state index is -0.263. The molecule has 0 aromatic heterocycles. The number of carbonyl (C=O) groups excluding carboxylic acids is 1. The molecule has 132 valence electrons. The molecule has 4 atom stereocenters. The van der Waals surface area contributed by atoms with Crippen LogP contribution in [-0.4, -0.2) is 36.7 Å². The van der Waals surface area contributed by atoms with E-state index in [1.165, 1.54) is 12.1 Å². The molecule has 3 rings (SSSR count). The van der Waals surface area contributed by atoms with E-state index < -0.39 is 0 Å². The molecule has 0 aliphatic carbocycles. The van der Waals surface area contributed by atoms with Gasteiger partial charge in [-0.1, -0.05) is 0 Å². The lowest BCUT2D eigenvalue weighted by Gasteiger charge is -2.38. The molecule has 0 saturated carbocycles. The molecule has 1 unspecified atom stereocenters. The first-order valence-electron chi connectivity index (χ1n) is 8.93. The highest BCUT2D eigenvalue weighted by Crippen LogP contribution is 2.27. The summed E-state index contributed by atoms with van der Waals surface area (Å²) in [4.78, 5) is 14.7. The number of ether oxygens (including phenoxy) is 1. The molecule has 1 aromatic rings. The van der Waals surface area contributed by atoms with E-state index in [4.69, 9.17) is 4.74 Å². The van der Waals surface area contributed by atoms with E-state index >= 15 is 0 Å². The number of amides is 1. The first-order valence-corrected chi connectivity index (χ1v) is 8.93. The zero-order valence-electron chi connectivity index (χ0n) is 14.7. The van der Waals surface area contributed by atoms with E-state index in [-0.39, 0.29) is 30.0 Å². The normalized spacial score (nSPS) is 31.3. The number of aryl methyl sites for hydroxylation is 1. The van der Waals surface area contributed by atoms with Crippen LogP contribution in [0.4, 0.5) is 10.1 Å². The predicted molar refractivity (Wildman–Crippen MR) is 92.7 cm³/mol. The summed E-state index contributed by atoms with van der Waals surface area (Å²) >= 11 is 0. The summed E-state index contributed by atoms with van der Waals surface area (Å²) in [5.41, 5.74) is 1.62. The summed E-state index contributed by atoms with van der Waals surface area (Å²) in [5.74, 6) is -0.164. The molecule has 0 radical (unpaired) electrons. The molecule has 2 aliphatic heterocycles. The molecule has 2 fully saturated rings. The van der Waals surface area contributed by atoms with Crippen LogP contribution in [0.25, 0.3) is 0 Å². The van der Waals surface area contributed by atoms with Gasteiger partial charge in [0, 0.05) is 18.3 Å². The summed E-state index contributed by atoms with van der Waals surface area (Å²) in [5, 5.41) is 3.55. The summed E-state index contributed by atoms with van der Waals surface area (Å²) in [7, 11) is 0. The fraction of sp³-hybridized carbons (Fsp3) is 0.632. The Hall–Kier alpha value is -1.46. The van der Waals surface area contributed by atoms with E-state index in [1.807, 2.05) is 11.8 Å². The van der Waals surface area contributed by atoms with Crippen LogP contribution in [-0.2, 0) is 9.53 Å². The average molecular weight is 334 g/mol. The van der Waals surface area contributed by atoms with Crippen molar-refractivity contribution in [3.63, 3.8) is 0 Å². The van der Waals surface area contributed by atoms with Crippen LogP contribution in [0, 0.1) is 12.7 Å². The monoisotopic (exact) mass is 334 g/mol. The Kier molecular flexibility index (Phi) is 5.21. The molecule has 1 aromatic carbocycles. The van der Waals surface area contributed by atoms with Crippen LogP contribution < -0.4 is 10.2 Å². The smallest absolute Gasteiger partial charge is 0.244 e. The largest absolute Gasteiger partial charge is 0.375 e. The molecule has 24 heavy (non-hydrogen) atoms. The molecule has 2 aliphatic rings. The number of rotatable bonds is 3. The van der Waals surface area contributed by atoms with Gasteiger partial charge in [-0.15, -0.1) is 0 Å². The van der Waals surface area contributed by atoms with Crippen molar-refractivity contribution < 1.29 is 13.9 Å². The lowest BCUT2D eigenvalue weighted by molar-refractivity contribution is -0.122. The van der Waals surface area contributed by atoms with Crippen molar-refractivity contribution in [2.75, 3.05) is 11.4 Å². The van der Waals surface area contributed by atoms with Crippen LogP contribution >= 0.6 is 0 Å². The van der Waals surface area contributed by atoms with Gasteiger partial charge < -0.3 is 15.0 Å². The lowest BCUT2D eigenvalue weighted by Crippen LogP contribution is -2.55. The third-order valence-electron chi connectivity index (χ3n) is 5.02. The number of carbonyl (C=O) groups is 1. The molecule has 5 heteroatoms. The molecule has 0 spiro atoms. The Labute approximate surface area is 143 Å². The van der Waals surface area contributed by atoms with Gasteiger partial charge in [-0.3, -0.25) is 4.79 Å². The summed E-state index contributed by atoms with van der Waals surface area (Å²) in [6.45, 7) is 6.72. The second-order valence-electron chi connectivity index (χ2n) is 7.21. The standard InChI is InChI=1S/C19H27FN2O2/c1-12-9-15(20)6-7-18(12)22-8-4-5-17(19(22)23)21-16-10-13(2)24-14(3)11-16/h6-7,9,13-14,16-17,21H,4-5,8,10-11H2,1-3H3/t13-,14+,16?,17-/m0/s1. The highest BCUT2D eigenvalue weighted by atomic mass is 19.1. The van der Waals surface area contributed by atoms with Crippen molar-refractivity contribution >= 4 is 11.6 Å². The zero-order chi connectivity index (χ0) is 17.3. The Morgan fingerprint density at radius 1 is 1.25 bits per heavy atom. The van der Waals surface area contributed by atoms with Gasteiger partial charge >= 0.3 is 0 Å². The minimum absolute atomic E-state index is 0.0998. The number of anilines is 1. The van der Waals surface area contributed by atoms with E-state index in [9.17, 15) is 9.18 Å². The Balaban J connectivity index is 1.70. The predicted octanol–water partition coefficient (Wildman–Crippen LogP) is 3.18. The molecule has 1 amide bonds. The molecule has 2 saturated heterocycles. The number of hydrogen-bond acceptors (Lipinski definition) is 3. The number of hydrogen-bond donors (Lipinski definition) is 1. The van der Waals surface area contributed by atoms with Crippen LogP contribution in [0.5, 0.6) is 0 Å². The van der Waals surface area contributed by atoms with Crippen molar-refractivity contribution in [3.05, 3.63) is 29.6 Å². The second-order valence-corrected chi connectivity index (χ2v) is 7.21. The van der Waals surface area contributed by atoms with Gasteiger partial charge in [0.05, 0.1) is 18.2 Å². The molecule has 2 heterocycles. The Morgan fingerprint density at radius 2 is 1.96 bits per heavy atom. The zero-order valence-corrected chi connectivity index (χ0v) is 14.7. The number of benzene rings is 1. The summed E-state index contributed by atoms with van der Waals surface area (Å²) in [6.07, 6.45) is 4.12. The highest BCUT2D eigenvalue weighted by Gasteiger charge is 2.34. The fourth-order valence-corrected chi connectivity index (χ4v) is 4.02. The minimum Gasteiger partial charge on any atom is -0.375 e. The maximum atomic E-state index is 13.3. The topological polar surface area (TPSA) is 41.6 Å². The van der Waals surface area contributed by atoms with Gasteiger partial charge in [-0.25, -0.2) is 4.39 Å². The number of nitrogens with zero attached hydrogens (tertiary/aromatic N) is 1. The quantitative estimate of drug-likeness (QED) is 0.923. The number of halogens is 1. The van der Waals surface area contributed by atoms with Gasteiger partial charge in [0.15, 0.2) is 0 Å². The van der Waals surface area contributed by atoms with Crippen LogP contribution in [0.3, 0.4) is 0 Å². The Morgan fingerprint density at radius 3 is 2.62 bits per heavy atom. The fourth-order valence-electron chi connectivity index (χ4n) is 4.02. The number of nitrogens with one attached hydrogen (secondary N) is 1. The molecule has 0 bridgehead atoms. The third kappa shape index (κ3) is 3.78. The maximum Gasteiger partial charge on any atom is 0.244 e. The Bertz CT molecular complexity index is 597. The SMILES string of the molecule is Cc1cc(F)ccc1N1CCC[C@H](NC2C[C@@H](C)O[C@@H](C)C2)C1=O. The molecular weight excluding hydrogens is 307 g/mol. The van der Waals surface area contributed by atoms with Crippen molar-refractivity contribution in [1.29, 1.82) is 0 Å². The third-order valence-corrected chi connectivity index (χ3v) is 5.02. The van der Waals surface area contributed by atoms with E-state index in [2.05, 4.69) is 19.2 Å². The van der Waals surface area contributed by atoms with Crippen LogP contribution in [0.2, 0.25) is 0 Å². The summed E-state index contributed by atoms with van der Waals surface area (Å²) in [6, 6.07) is 4.78. The van der Waals surface area contributed by atoms with E-state index in [1.54, 1.807) is 6.07 Å². The van der Waals surface area contributed by atoms with Crippen LogP contribution in [0.1, 0.15) is 45.1 Å². The summed E-state index contributed by atoms with van der Waals surface area (Å²) < 4.78 is 19.1. The number of piperidine rings is 1. The van der Waals surface area contributed by atoms with Gasteiger partial charge in [0.1, 0.15) is 5.82 Å². The van der Waals surface area contributed by atoms with Crippen molar-refractivity contribution in [2.24, 2.45) is 0 Å². The first-order chi connectivity index (χ1) is 11.4. The van der Waals surface area contributed by atoms with Gasteiger partial charge in [0.2, 0.25) is 5.91 Å². The van der Waals surface area contributed by atoms with Crippen molar-refractivity contribution in [3.8, 4) is 0 Å². The van der Waals surface area contributed by atoms with Crippen molar-refractivity contribution in [1.82, 2.24) is 5.32 Å².